The van der Waals surface area contributed by atoms with Crippen molar-refractivity contribution >= 4 is 21.6 Å². The van der Waals surface area contributed by atoms with Gasteiger partial charge in [-0.2, -0.15) is 0 Å². The Labute approximate surface area is 175 Å². The summed E-state index contributed by atoms with van der Waals surface area (Å²) in [5.74, 6) is -0.301. The molecule has 0 aliphatic carbocycles. The molecule has 0 unspecified atom stereocenters. The molecule has 0 aromatic heterocycles. The lowest BCUT2D eigenvalue weighted by molar-refractivity contribution is -0.122. The molecule has 0 saturated heterocycles. The van der Waals surface area contributed by atoms with Crippen LogP contribution in [-0.4, -0.2) is 26.6 Å². The highest BCUT2D eigenvalue weighted by atomic mass is 32.2. The van der Waals surface area contributed by atoms with E-state index in [0.717, 1.165) is 34.1 Å². The molecule has 2 aromatic rings. The number of carbonyl (C=O) groups excluding carboxylic acids is 1. The van der Waals surface area contributed by atoms with E-state index >= 15 is 0 Å². The molecule has 2 atom stereocenters. The van der Waals surface area contributed by atoms with E-state index in [0.29, 0.717) is 12.1 Å². The summed E-state index contributed by atoms with van der Waals surface area (Å²) < 4.78 is 26.6. The fourth-order valence-corrected chi connectivity index (χ4v) is 5.03. The van der Waals surface area contributed by atoms with Crippen LogP contribution in [0.3, 0.4) is 0 Å². The monoisotopic (exact) mass is 416 g/mol. The van der Waals surface area contributed by atoms with Gasteiger partial charge in [-0.05, 0) is 75.4 Å². The SMILES string of the molecule is CC[C@@H](C(=O)N[C@@H](C)c1ccc(C)cc1C)N(c1cc(C)cc(C)c1)S(C)(=O)=O. The van der Waals surface area contributed by atoms with Crippen LogP contribution < -0.4 is 9.62 Å². The van der Waals surface area contributed by atoms with E-state index in [4.69, 9.17) is 0 Å². The molecule has 0 fully saturated rings. The van der Waals surface area contributed by atoms with Gasteiger partial charge in [0.15, 0.2) is 0 Å². The molecule has 2 aromatic carbocycles. The van der Waals surface area contributed by atoms with Crippen molar-refractivity contribution in [1.82, 2.24) is 5.32 Å². The number of hydrogen-bond acceptors (Lipinski definition) is 3. The van der Waals surface area contributed by atoms with Crippen molar-refractivity contribution < 1.29 is 13.2 Å². The van der Waals surface area contributed by atoms with Gasteiger partial charge in [0.2, 0.25) is 15.9 Å². The Bertz CT molecular complexity index is 979. The Kier molecular flexibility index (Phi) is 7.11. The fourth-order valence-electron chi connectivity index (χ4n) is 3.84. The van der Waals surface area contributed by atoms with E-state index in [9.17, 15) is 13.2 Å². The standard InChI is InChI=1S/C23H32N2O3S/c1-8-22(23(26)24-19(6)21-10-9-15(2)12-18(21)5)25(29(7,27)28)20-13-16(3)11-17(4)14-20/h9-14,19,22H,8H2,1-7H3,(H,24,26)/t19-,22-/m0/s1. The van der Waals surface area contributed by atoms with Gasteiger partial charge in [0.05, 0.1) is 18.0 Å². The van der Waals surface area contributed by atoms with Crippen LogP contribution in [0.25, 0.3) is 0 Å². The third-order valence-corrected chi connectivity index (χ3v) is 6.22. The minimum atomic E-state index is -3.65. The van der Waals surface area contributed by atoms with E-state index in [-0.39, 0.29) is 11.9 Å². The summed E-state index contributed by atoms with van der Waals surface area (Å²) in [6.07, 6.45) is 1.51. The average Bonchev–Trinajstić information content (AvgIpc) is 2.56. The van der Waals surface area contributed by atoms with E-state index in [2.05, 4.69) is 11.4 Å². The fraction of sp³-hybridized carbons (Fsp3) is 0.435. The van der Waals surface area contributed by atoms with Crippen LogP contribution >= 0.6 is 0 Å². The van der Waals surface area contributed by atoms with Gasteiger partial charge in [-0.15, -0.1) is 0 Å². The first kappa shape index (κ1) is 22.9. The molecule has 0 heterocycles. The molecule has 158 valence electrons. The molecule has 0 saturated carbocycles. The molecule has 2 rings (SSSR count). The number of anilines is 1. The quantitative estimate of drug-likeness (QED) is 0.730. The third kappa shape index (κ3) is 5.60. The first-order valence-corrected chi connectivity index (χ1v) is 11.7. The Morgan fingerprint density at radius 2 is 1.59 bits per heavy atom. The molecule has 0 bridgehead atoms. The van der Waals surface area contributed by atoms with Crippen molar-refractivity contribution in [1.29, 1.82) is 0 Å². The number of hydrogen-bond donors (Lipinski definition) is 1. The molecule has 0 spiro atoms. The van der Waals surface area contributed by atoms with Crippen LogP contribution in [0.4, 0.5) is 5.69 Å². The molecule has 5 nitrogen and oxygen atoms in total. The maximum atomic E-state index is 13.2. The van der Waals surface area contributed by atoms with Crippen molar-refractivity contribution in [2.75, 3.05) is 10.6 Å². The molecule has 6 heteroatoms. The van der Waals surface area contributed by atoms with Gasteiger partial charge in [-0.3, -0.25) is 9.10 Å². The smallest absolute Gasteiger partial charge is 0.244 e. The number of amides is 1. The maximum Gasteiger partial charge on any atom is 0.244 e. The highest BCUT2D eigenvalue weighted by molar-refractivity contribution is 7.92. The second-order valence-corrected chi connectivity index (χ2v) is 9.78. The summed E-state index contributed by atoms with van der Waals surface area (Å²) in [4.78, 5) is 13.2. The zero-order chi connectivity index (χ0) is 21.9. The van der Waals surface area contributed by atoms with Crippen LogP contribution in [0.2, 0.25) is 0 Å². The Morgan fingerprint density at radius 3 is 2.07 bits per heavy atom. The van der Waals surface area contributed by atoms with Crippen LogP contribution in [0.1, 0.15) is 54.1 Å². The Morgan fingerprint density at radius 1 is 1.00 bits per heavy atom. The first-order chi connectivity index (χ1) is 13.4. The third-order valence-electron chi connectivity index (χ3n) is 5.04. The number of benzene rings is 2. The summed E-state index contributed by atoms with van der Waals surface area (Å²) in [6, 6.07) is 10.6. The zero-order valence-corrected chi connectivity index (χ0v) is 19.2. The number of nitrogens with one attached hydrogen (secondary N) is 1. The zero-order valence-electron chi connectivity index (χ0n) is 18.4. The van der Waals surface area contributed by atoms with Crippen LogP contribution in [0, 0.1) is 27.7 Å². The van der Waals surface area contributed by atoms with Gasteiger partial charge in [-0.1, -0.05) is 36.8 Å². The molecule has 0 aliphatic heterocycles. The van der Waals surface area contributed by atoms with Gasteiger partial charge in [0.25, 0.3) is 0 Å². The van der Waals surface area contributed by atoms with E-state index in [1.165, 1.54) is 4.31 Å². The van der Waals surface area contributed by atoms with Gasteiger partial charge in [0.1, 0.15) is 6.04 Å². The van der Waals surface area contributed by atoms with Gasteiger partial charge in [0, 0.05) is 0 Å². The van der Waals surface area contributed by atoms with Crippen molar-refractivity contribution in [3.63, 3.8) is 0 Å². The summed E-state index contributed by atoms with van der Waals surface area (Å²) in [5.41, 5.74) is 5.71. The topological polar surface area (TPSA) is 66.5 Å². The lowest BCUT2D eigenvalue weighted by Gasteiger charge is -2.31. The lowest BCUT2D eigenvalue weighted by atomic mass is 10.00. The number of carbonyl (C=O) groups is 1. The highest BCUT2D eigenvalue weighted by Crippen LogP contribution is 2.26. The van der Waals surface area contributed by atoms with Crippen molar-refractivity contribution in [2.24, 2.45) is 0 Å². The summed E-state index contributed by atoms with van der Waals surface area (Å²) in [5, 5.41) is 3.01. The largest absolute Gasteiger partial charge is 0.348 e. The van der Waals surface area contributed by atoms with Crippen molar-refractivity contribution in [2.45, 2.75) is 60.0 Å². The summed E-state index contributed by atoms with van der Waals surface area (Å²) >= 11 is 0. The van der Waals surface area contributed by atoms with Crippen LogP contribution in [0.5, 0.6) is 0 Å². The van der Waals surface area contributed by atoms with Crippen LogP contribution in [-0.2, 0) is 14.8 Å². The van der Waals surface area contributed by atoms with E-state index in [1.807, 2.05) is 59.7 Å². The number of aryl methyl sites for hydroxylation is 4. The predicted molar refractivity (Wildman–Crippen MR) is 120 cm³/mol. The van der Waals surface area contributed by atoms with Crippen molar-refractivity contribution in [3.8, 4) is 0 Å². The van der Waals surface area contributed by atoms with Gasteiger partial charge < -0.3 is 5.32 Å². The molecule has 0 aliphatic rings. The van der Waals surface area contributed by atoms with Crippen molar-refractivity contribution in [3.05, 3.63) is 64.2 Å². The van der Waals surface area contributed by atoms with Crippen LogP contribution in [0.15, 0.2) is 36.4 Å². The normalized spacial score (nSPS) is 13.6. The minimum Gasteiger partial charge on any atom is -0.348 e. The van der Waals surface area contributed by atoms with Gasteiger partial charge in [-0.25, -0.2) is 8.42 Å². The minimum absolute atomic E-state index is 0.224. The maximum absolute atomic E-state index is 13.2. The molecular weight excluding hydrogens is 384 g/mol. The second-order valence-electron chi connectivity index (χ2n) is 7.92. The summed E-state index contributed by atoms with van der Waals surface area (Å²) in [7, 11) is -3.65. The van der Waals surface area contributed by atoms with E-state index in [1.54, 1.807) is 12.1 Å². The average molecular weight is 417 g/mol. The first-order valence-electron chi connectivity index (χ1n) is 9.89. The summed E-state index contributed by atoms with van der Waals surface area (Å²) in [6.45, 7) is 11.6. The molecular formula is C23H32N2O3S. The number of sulfonamides is 1. The highest BCUT2D eigenvalue weighted by Gasteiger charge is 2.32. The molecule has 0 radical (unpaired) electrons. The molecule has 29 heavy (non-hydrogen) atoms. The lowest BCUT2D eigenvalue weighted by Crippen LogP contribution is -2.49. The molecule has 1 N–H and O–H groups in total. The van der Waals surface area contributed by atoms with E-state index < -0.39 is 16.1 Å². The second kappa shape index (κ2) is 8.99. The Balaban J connectivity index is 2.38. The number of rotatable bonds is 7. The Hall–Kier alpha value is -2.34. The molecule has 1 amide bonds. The number of nitrogens with zero attached hydrogens (tertiary/aromatic N) is 1. The predicted octanol–water partition coefficient (Wildman–Crippen LogP) is 4.34. The van der Waals surface area contributed by atoms with Gasteiger partial charge >= 0.3 is 0 Å².